The molecule has 0 saturated heterocycles. The Kier molecular flexibility index (Phi) is 3.79. The largest absolute Gasteiger partial charge is 0.481 e. The van der Waals surface area contributed by atoms with Gasteiger partial charge in [-0.25, -0.2) is 0 Å². The van der Waals surface area contributed by atoms with E-state index in [-0.39, 0.29) is 18.9 Å². The minimum atomic E-state index is -0.921. The van der Waals surface area contributed by atoms with Crippen LogP contribution in [0.4, 0.5) is 0 Å². The summed E-state index contributed by atoms with van der Waals surface area (Å²) in [4.78, 5) is 27.2. The quantitative estimate of drug-likeness (QED) is 0.787. The normalized spacial score (nSPS) is 9.67. The molecule has 0 aliphatic rings. The highest BCUT2D eigenvalue weighted by atomic mass is 16.4. The van der Waals surface area contributed by atoms with Crippen LogP contribution < -0.4 is 0 Å². The Morgan fingerprint density at radius 1 is 1.47 bits per heavy atom. The molecule has 0 bridgehead atoms. The SMILES string of the molecule is CN(CCC(=O)O)C(=O)c1ccccn1. The van der Waals surface area contributed by atoms with Gasteiger partial charge in [0, 0.05) is 19.8 Å². The Hall–Kier alpha value is -1.91. The molecule has 0 spiro atoms. The summed E-state index contributed by atoms with van der Waals surface area (Å²) in [5, 5.41) is 8.46. The van der Waals surface area contributed by atoms with Gasteiger partial charge < -0.3 is 10.0 Å². The van der Waals surface area contributed by atoms with Crippen LogP contribution in [-0.4, -0.2) is 40.5 Å². The van der Waals surface area contributed by atoms with Crippen molar-refractivity contribution in [2.45, 2.75) is 6.42 Å². The van der Waals surface area contributed by atoms with Crippen molar-refractivity contribution in [1.29, 1.82) is 0 Å². The molecule has 0 aromatic carbocycles. The zero-order valence-corrected chi connectivity index (χ0v) is 8.38. The number of aromatic nitrogens is 1. The van der Waals surface area contributed by atoms with Gasteiger partial charge in [-0.3, -0.25) is 14.6 Å². The highest BCUT2D eigenvalue weighted by molar-refractivity contribution is 5.92. The molecule has 1 aromatic heterocycles. The maximum absolute atomic E-state index is 11.6. The molecule has 0 radical (unpaired) electrons. The lowest BCUT2D eigenvalue weighted by molar-refractivity contribution is -0.137. The minimum Gasteiger partial charge on any atom is -0.481 e. The molecule has 1 heterocycles. The maximum Gasteiger partial charge on any atom is 0.305 e. The molecule has 0 atom stereocenters. The smallest absolute Gasteiger partial charge is 0.305 e. The van der Waals surface area contributed by atoms with Crippen LogP contribution in [0.25, 0.3) is 0 Å². The van der Waals surface area contributed by atoms with Gasteiger partial charge in [-0.15, -0.1) is 0 Å². The van der Waals surface area contributed by atoms with Gasteiger partial charge >= 0.3 is 5.97 Å². The summed E-state index contributed by atoms with van der Waals surface area (Å²) in [7, 11) is 1.56. The van der Waals surface area contributed by atoms with E-state index in [9.17, 15) is 9.59 Å². The summed E-state index contributed by atoms with van der Waals surface area (Å²) >= 11 is 0. The van der Waals surface area contributed by atoms with E-state index < -0.39 is 5.97 Å². The number of amides is 1. The molecule has 0 unspecified atom stereocenters. The lowest BCUT2D eigenvalue weighted by Crippen LogP contribution is -2.29. The molecule has 1 aromatic rings. The van der Waals surface area contributed by atoms with Gasteiger partial charge in [0.05, 0.1) is 6.42 Å². The van der Waals surface area contributed by atoms with E-state index in [1.54, 1.807) is 25.2 Å². The number of carboxylic acids is 1. The van der Waals surface area contributed by atoms with Gasteiger partial charge in [-0.05, 0) is 12.1 Å². The van der Waals surface area contributed by atoms with Crippen molar-refractivity contribution in [2.75, 3.05) is 13.6 Å². The standard InChI is InChI=1S/C10H12N2O3/c1-12(7-5-9(13)14)10(15)8-4-2-3-6-11-8/h2-4,6H,5,7H2,1H3,(H,13,14). The van der Waals surface area contributed by atoms with Crippen LogP contribution in [0.15, 0.2) is 24.4 Å². The fraction of sp³-hybridized carbons (Fsp3) is 0.300. The second kappa shape index (κ2) is 5.09. The van der Waals surface area contributed by atoms with Crippen molar-refractivity contribution < 1.29 is 14.7 Å². The van der Waals surface area contributed by atoms with Gasteiger partial charge in [0.2, 0.25) is 0 Å². The number of hydrogen-bond acceptors (Lipinski definition) is 3. The molecule has 0 fully saturated rings. The molecule has 5 nitrogen and oxygen atoms in total. The van der Waals surface area contributed by atoms with Gasteiger partial charge in [-0.1, -0.05) is 6.07 Å². The van der Waals surface area contributed by atoms with Crippen LogP contribution in [-0.2, 0) is 4.79 Å². The first-order valence-electron chi connectivity index (χ1n) is 4.49. The van der Waals surface area contributed by atoms with Crippen LogP contribution in [0.3, 0.4) is 0 Å². The number of pyridine rings is 1. The van der Waals surface area contributed by atoms with E-state index in [4.69, 9.17) is 5.11 Å². The third-order valence-corrected chi connectivity index (χ3v) is 1.89. The summed E-state index contributed by atoms with van der Waals surface area (Å²) < 4.78 is 0. The third kappa shape index (κ3) is 3.38. The van der Waals surface area contributed by atoms with E-state index in [0.717, 1.165) is 0 Å². The number of carboxylic acid groups (broad SMARTS) is 1. The van der Waals surface area contributed by atoms with Crippen molar-refractivity contribution in [3.8, 4) is 0 Å². The number of nitrogens with zero attached hydrogens (tertiary/aromatic N) is 2. The number of hydrogen-bond donors (Lipinski definition) is 1. The fourth-order valence-electron chi connectivity index (χ4n) is 1.05. The molecule has 15 heavy (non-hydrogen) atoms. The monoisotopic (exact) mass is 208 g/mol. The topological polar surface area (TPSA) is 70.5 Å². The number of aliphatic carboxylic acids is 1. The molecular formula is C10H12N2O3. The van der Waals surface area contributed by atoms with Crippen LogP contribution in [0.1, 0.15) is 16.9 Å². The molecule has 0 saturated carbocycles. The van der Waals surface area contributed by atoms with Gasteiger partial charge in [0.15, 0.2) is 0 Å². The third-order valence-electron chi connectivity index (χ3n) is 1.89. The van der Waals surface area contributed by atoms with Gasteiger partial charge in [0.1, 0.15) is 5.69 Å². The van der Waals surface area contributed by atoms with Crippen molar-refractivity contribution in [3.63, 3.8) is 0 Å². The molecule has 1 N–H and O–H groups in total. The van der Waals surface area contributed by atoms with E-state index in [1.807, 2.05) is 0 Å². The lowest BCUT2D eigenvalue weighted by atomic mass is 10.3. The summed E-state index contributed by atoms with van der Waals surface area (Å²) in [6.45, 7) is 0.185. The Bertz CT molecular complexity index is 351. The number of carbonyl (C=O) groups is 2. The average molecular weight is 208 g/mol. The van der Waals surface area contributed by atoms with E-state index >= 15 is 0 Å². The highest BCUT2D eigenvalue weighted by Gasteiger charge is 2.12. The number of rotatable bonds is 4. The first-order chi connectivity index (χ1) is 7.11. The number of carbonyl (C=O) groups excluding carboxylic acids is 1. The average Bonchev–Trinajstić information content (AvgIpc) is 2.26. The molecule has 0 aliphatic carbocycles. The van der Waals surface area contributed by atoms with E-state index in [0.29, 0.717) is 5.69 Å². The van der Waals surface area contributed by atoms with Gasteiger partial charge in [-0.2, -0.15) is 0 Å². The minimum absolute atomic E-state index is 0.0604. The molecule has 1 rings (SSSR count). The van der Waals surface area contributed by atoms with E-state index in [2.05, 4.69) is 4.98 Å². The maximum atomic E-state index is 11.6. The summed E-state index contributed by atoms with van der Waals surface area (Å²) in [6, 6.07) is 5.03. The van der Waals surface area contributed by atoms with E-state index in [1.165, 1.54) is 11.1 Å². The molecule has 0 aliphatic heterocycles. The van der Waals surface area contributed by atoms with Crippen molar-refractivity contribution in [1.82, 2.24) is 9.88 Å². The second-order valence-corrected chi connectivity index (χ2v) is 3.09. The molecule has 1 amide bonds. The van der Waals surface area contributed by atoms with Crippen LogP contribution in [0.5, 0.6) is 0 Å². The van der Waals surface area contributed by atoms with Crippen molar-refractivity contribution in [3.05, 3.63) is 30.1 Å². The molecule has 80 valence electrons. The van der Waals surface area contributed by atoms with Gasteiger partial charge in [0.25, 0.3) is 5.91 Å². The summed E-state index contributed by atoms with van der Waals surface area (Å²) in [5.74, 6) is -1.19. The Labute approximate surface area is 87.4 Å². The first kappa shape index (κ1) is 11.2. The zero-order chi connectivity index (χ0) is 11.3. The summed E-state index contributed by atoms with van der Waals surface area (Å²) in [5.41, 5.74) is 0.324. The van der Waals surface area contributed by atoms with Crippen LogP contribution >= 0.6 is 0 Å². The Morgan fingerprint density at radius 3 is 2.73 bits per heavy atom. The predicted octanol–water partition coefficient (Wildman–Crippen LogP) is 0.628. The highest BCUT2D eigenvalue weighted by Crippen LogP contribution is 1.99. The van der Waals surface area contributed by atoms with Crippen molar-refractivity contribution in [2.24, 2.45) is 0 Å². The first-order valence-corrected chi connectivity index (χ1v) is 4.49. The zero-order valence-electron chi connectivity index (χ0n) is 8.38. The lowest BCUT2D eigenvalue weighted by Gasteiger charge is -2.14. The summed E-state index contributed by atoms with van der Waals surface area (Å²) in [6.07, 6.45) is 1.47. The van der Waals surface area contributed by atoms with Crippen LogP contribution in [0.2, 0.25) is 0 Å². The Balaban J connectivity index is 2.57. The predicted molar refractivity (Wildman–Crippen MR) is 53.5 cm³/mol. The van der Waals surface area contributed by atoms with Crippen LogP contribution in [0, 0.1) is 0 Å². The fourth-order valence-corrected chi connectivity index (χ4v) is 1.05. The molecular weight excluding hydrogens is 196 g/mol. The second-order valence-electron chi connectivity index (χ2n) is 3.09. The molecule has 5 heteroatoms. The Morgan fingerprint density at radius 2 is 2.20 bits per heavy atom. The van der Waals surface area contributed by atoms with Crippen molar-refractivity contribution >= 4 is 11.9 Å².